The molecule has 0 fully saturated rings. The van der Waals surface area contributed by atoms with Crippen molar-refractivity contribution in [3.05, 3.63) is 60.5 Å². The maximum Gasteiger partial charge on any atom is 0.320 e. The van der Waals surface area contributed by atoms with Gasteiger partial charge in [-0.25, -0.2) is 27.5 Å². The highest BCUT2D eigenvalue weighted by molar-refractivity contribution is 7.89. The first-order valence-electron chi connectivity index (χ1n) is 12.7. The van der Waals surface area contributed by atoms with E-state index in [1.54, 1.807) is 30.5 Å². The van der Waals surface area contributed by atoms with E-state index in [1.165, 1.54) is 31.4 Å². The highest BCUT2D eigenvalue weighted by Crippen LogP contribution is 2.25. The van der Waals surface area contributed by atoms with Gasteiger partial charge in [-0.1, -0.05) is 0 Å². The summed E-state index contributed by atoms with van der Waals surface area (Å²) in [7, 11) is 1.71. The van der Waals surface area contributed by atoms with Gasteiger partial charge in [0.1, 0.15) is 6.04 Å². The van der Waals surface area contributed by atoms with E-state index >= 15 is 0 Å². The quantitative estimate of drug-likeness (QED) is 0.168. The lowest BCUT2D eigenvalue weighted by molar-refractivity contribution is -0.139. The van der Waals surface area contributed by atoms with Gasteiger partial charge in [0, 0.05) is 30.4 Å². The van der Waals surface area contributed by atoms with Gasteiger partial charge in [0.05, 0.1) is 17.7 Å². The molecular formula is C27H35FN6O7S. The zero-order valence-electron chi connectivity index (χ0n) is 23.4. The molecule has 0 aliphatic heterocycles. The highest BCUT2D eigenvalue weighted by atomic mass is 32.2. The van der Waals surface area contributed by atoms with Crippen LogP contribution in [0.4, 0.5) is 16.0 Å². The molecule has 0 radical (unpaired) electrons. The number of nitrogens with two attached hydrogens (primary N) is 1. The molecule has 6 N–H and O–H groups in total. The number of halogens is 1. The van der Waals surface area contributed by atoms with E-state index in [-0.39, 0.29) is 23.5 Å². The van der Waals surface area contributed by atoms with Crippen LogP contribution < -0.4 is 20.5 Å². The van der Waals surface area contributed by atoms with Crippen LogP contribution in [0, 0.1) is 5.82 Å². The minimum absolute atomic E-state index is 0.0231. The number of carboxylic acid groups (broad SMARTS) is 2. The Morgan fingerprint density at radius 3 is 2.38 bits per heavy atom. The van der Waals surface area contributed by atoms with Gasteiger partial charge in [-0.2, -0.15) is 0 Å². The van der Waals surface area contributed by atoms with Crippen molar-refractivity contribution in [2.24, 2.45) is 5.73 Å². The van der Waals surface area contributed by atoms with Crippen LogP contribution in [0.3, 0.4) is 0 Å². The third-order valence-corrected chi connectivity index (χ3v) is 7.06. The fraction of sp³-hybridized carbons (Fsp3) is 0.333. The van der Waals surface area contributed by atoms with Crippen molar-refractivity contribution in [3.8, 4) is 17.0 Å². The standard InChI is InChI=1S/C22H26FN5O3S.C5H9NO4/c1-28(2)14-4-12-25-32(29,30)18-8-6-17(7-9-18)26-22-24-13-11-20(27-22)16-5-10-21(31-3)19(23)15-16;6-3(5(9)10)1-2-4(7)8/h5-11,13,15,25H,4,12,14H2,1-3H3,(H,24,26,27);3H,1-2,6H2,(H,7,8)(H,9,10)/t;3-/m.1/s1. The maximum atomic E-state index is 14.0. The molecule has 42 heavy (non-hydrogen) atoms. The lowest BCUT2D eigenvalue weighted by Gasteiger charge is -2.11. The highest BCUT2D eigenvalue weighted by Gasteiger charge is 2.14. The van der Waals surface area contributed by atoms with E-state index < -0.39 is 33.8 Å². The van der Waals surface area contributed by atoms with Crippen LogP contribution in [-0.4, -0.2) is 85.8 Å². The predicted octanol–water partition coefficient (Wildman–Crippen LogP) is 2.53. The van der Waals surface area contributed by atoms with Gasteiger partial charge >= 0.3 is 11.9 Å². The number of hydrogen-bond acceptors (Lipinski definition) is 10. The van der Waals surface area contributed by atoms with Crippen LogP contribution in [0.25, 0.3) is 11.3 Å². The summed E-state index contributed by atoms with van der Waals surface area (Å²) in [6, 6.07) is 11.5. The summed E-state index contributed by atoms with van der Waals surface area (Å²) in [4.78, 5) is 30.6. The second kappa shape index (κ2) is 16.3. The monoisotopic (exact) mass is 606 g/mol. The number of ether oxygens (including phenoxy) is 1. The number of benzene rings is 2. The van der Waals surface area contributed by atoms with Gasteiger partial charge in [0.2, 0.25) is 16.0 Å². The second-order valence-corrected chi connectivity index (χ2v) is 11.0. The molecule has 3 rings (SSSR count). The Bertz CT molecular complexity index is 1440. The van der Waals surface area contributed by atoms with E-state index in [1.807, 2.05) is 19.0 Å². The number of carboxylic acids is 2. The minimum atomic E-state index is -3.57. The summed E-state index contributed by atoms with van der Waals surface area (Å²) in [6.07, 6.45) is 2.05. The largest absolute Gasteiger partial charge is 0.494 e. The Balaban J connectivity index is 0.000000528. The van der Waals surface area contributed by atoms with Gasteiger partial charge < -0.3 is 30.9 Å². The minimum Gasteiger partial charge on any atom is -0.494 e. The molecule has 1 heterocycles. The summed E-state index contributed by atoms with van der Waals surface area (Å²) in [5.41, 5.74) is 6.73. The molecule has 0 aliphatic rings. The van der Waals surface area contributed by atoms with Gasteiger partial charge in [-0.3, -0.25) is 9.59 Å². The molecule has 228 valence electrons. The van der Waals surface area contributed by atoms with Crippen molar-refractivity contribution in [2.45, 2.75) is 30.2 Å². The second-order valence-electron chi connectivity index (χ2n) is 9.20. The van der Waals surface area contributed by atoms with E-state index in [0.717, 1.165) is 13.0 Å². The smallest absolute Gasteiger partial charge is 0.320 e. The molecule has 2 aromatic carbocycles. The van der Waals surface area contributed by atoms with E-state index in [0.29, 0.717) is 29.4 Å². The van der Waals surface area contributed by atoms with Crippen molar-refractivity contribution in [1.82, 2.24) is 19.6 Å². The molecule has 13 nitrogen and oxygen atoms in total. The molecule has 0 bridgehead atoms. The third-order valence-electron chi connectivity index (χ3n) is 5.58. The third kappa shape index (κ3) is 11.4. The molecule has 0 unspecified atom stereocenters. The zero-order valence-corrected chi connectivity index (χ0v) is 24.3. The normalized spacial score (nSPS) is 11.8. The van der Waals surface area contributed by atoms with Crippen molar-refractivity contribution >= 4 is 33.6 Å². The van der Waals surface area contributed by atoms with E-state index in [4.69, 9.17) is 20.7 Å². The number of aromatic nitrogens is 2. The average molecular weight is 607 g/mol. The molecular weight excluding hydrogens is 571 g/mol. The number of nitrogens with one attached hydrogen (secondary N) is 2. The van der Waals surface area contributed by atoms with Crippen LogP contribution in [0.15, 0.2) is 59.6 Å². The Labute approximate surface area is 243 Å². The van der Waals surface area contributed by atoms with E-state index in [2.05, 4.69) is 20.0 Å². The number of sulfonamides is 1. The van der Waals surface area contributed by atoms with Crippen LogP contribution in [-0.2, 0) is 19.6 Å². The number of methoxy groups -OCH3 is 1. The Hall–Kier alpha value is -4.18. The molecule has 0 saturated carbocycles. The number of anilines is 2. The fourth-order valence-corrected chi connectivity index (χ4v) is 4.41. The average Bonchev–Trinajstić information content (AvgIpc) is 2.94. The Morgan fingerprint density at radius 1 is 1.12 bits per heavy atom. The molecule has 0 spiro atoms. The SMILES string of the molecule is COc1ccc(-c2ccnc(Nc3ccc(S(=O)(=O)NCCCN(C)C)cc3)n2)cc1F.N[C@H](CCC(=O)O)C(=O)O. The van der Waals surface area contributed by atoms with E-state index in [9.17, 15) is 22.4 Å². The van der Waals surface area contributed by atoms with Gasteiger partial charge in [0.25, 0.3) is 0 Å². The number of carbonyl (C=O) groups is 2. The summed E-state index contributed by atoms with van der Waals surface area (Å²) < 4.78 is 46.4. The topological polar surface area (TPSA) is 197 Å². The van der Waals surface area contributed by atoms with Crippen LogP contribution >= 0.6 is 0 Å². The zero-order chi connectivity index (χ0) is 31.3. The number of aliphatic carboxylic acids is 2. The lowest BCUT2D eigenvalue weighted by atomic mass is 10.1. The van der Waals surface area contributed by atoms with Gasteiger partial charge in [-0.15, -0.1) is 0 Å². The molecule has 0 amide bonds. The van der Waals surface area contributed by atoms with Gasteiger partial charge in [0.15, 0.2) is 11.6 Å². The number of nitrogens with zero attached hydrogens (tertiary/aromatic N) is 3. The molecule has 0 saturated heterocycles. The maximum absolute atomic E-state index is 14.0. The Kier molecular flexibility index (Phi) is 13.2. The molecule has 3 aromatic rings. The van der Waals surface area contributed by atoms with Crippen molar-refractivity contribution in [3.63, 3.8) is 0 Å². The fourth-order valence-electron chi connectivity index (χ4n) is 3.34. The van der Waals surface area contributed by atoms with Crippen molar-refractivity contribution < 1.29 is 37.3 Å². The summed E-state index contributed by atoms with van der Waals surface area (Å²) in [6.45, 7) is 1.17. The molecule has 1 aromatic heterocycles. The van der Waals surface area contributed by atoms with Gasteiger partial charge in [-0.05, 0) is 82.0 Å². The van der Waals surface area contributed by atoms with Crippen LogP contribution in [0.1, 0.15) is 19.3 Å². The summed E-state index contributed by atoms with van der Waals surface area (Å²) in [5.74, 6) is -2.22. The summed E-state index contributed by atoms with van der Waals surface area (Å²) >= 11 is 0. The molecule has 1 atom stereocenters. The molecule has 0 aliphatic carbocycles. The first-order chi connectivity index (χ1) is 19.8. The number of hydrogen-bond donors (Lipinski definition) is 5. The van der Waals surface area contributed by atoms with Crippen molar-refractivity contribution in [1.29, 1.82) is 0 Å². The van der Waals surface area contributed by atoms with Crippen molar-refractivity contribution in [2.75, 3.05) is 39.6 Å². The predicted molar refractivity (Wildman–Crippen MR) is 155 cm³/mol. The number of rotatable bonds is 14. The first kappa shape index (κ1) is 34.0. The van der Waals surface area contributed by atoms with Crippen LogP contribution in [0.2, 0.25) is 0 Å². The first-order valence-corrected chi connectivity index (χ1v) is 14.2. The molecule has 15 heteroatoms. The van der Waals surface area contributed by atoms with Crippen LogP contribution in [0.5, 0.6) is 5.75 Å². The Morgan fingerprint density at radius 2 is 1.81 bits per heavy atom. The summed E-state index contributed by atoms with van der Waals surface area (Å²) in [5, 5.41) is 19.3. The lowest BCUT2D eigenvalue weighted by Crippen LogP contribution is -2.30.